The lowest BCUT2D eigenvalue weighted by Gasteiger charge is -2.35. The Morgan fingerprint density at radius 1 is 0.933 bits per heavy atom. The van der Waals surface area contributed by atoms with Gasteiger partial charge >= 0.3 is 0 Å². The van der Waals surface area contributed by atoms with E-state index in [9.17, 15) is 9.59 Å². The second-order valence-electron chi connectivity index (χ2n) is 9.36. The minimum atomic E-state index is 0.0258. The summed E-state index contributed by atoms with van der Waals surface area (Å²) in [5.41, 5.74) is 2.41. The van der Waals surface area contributed by atoms with Gasteiger partial charge in [-0.2, -0.15) is 0 Å². The molecule has 0 aromatic heterocycles. The van der Waals surface area contributed by atoms with Crippen LogP contribution < -0.4 is 5.32 Å². The molecule has 3 fully saturated rings. The summed E-state index contributed by atoms with van der Waals surface area (Å²) in [7, 11) is 0. The maximum Gasteiger partial charge on any atom is 0.225 e. The van der Waals surface area contributed by atoms with E-state index in [4.69, 9.17) is 4.74 Å². The number of ether oxygens (including phenoxy) is 1. The van der Waals surface area contributed by atoms with Crippen LogP contribution in [0.15, 0.2) is 24.3 Å². The Balaban J connectivity index is 1.19. The number of piperidine rings is 1. The van der Waals surface area contributed by atoms with E-state index < -0.39 is 0 Å². The fraction of sp³-hybridized carbons (Fsp3) is 0.667. The van der Waals surface area contributed by atoms with Crippen LogP contribution in [-0.4, -0.2) is 60.0 Å². The van der Waals surface area contributed by atoms with E-state index in [0.29, 0.717) is 12.5 Å². The molecule has 0 bridgehead atoms. The van der Waals surface area contributed by atoms with Gasteiger partial charge in [0.15, 0.2) is 0 Å². The zero-order chi connectivity index (χ0) is 21.1. The van der Waals surface area contributed by atoms with Gasteiger partial charge in [0.05, 0.1) is 12.2 Å². The maximum absolute atomic E-state index is 12.6. The molecule has 0 spiro atoms. The first kappa shape index (κ1) is 21.3. The van der Waals surface area contributed by atoms with Gasteiger partial charge in [-0.3, -0.25) is 14.5 Å². The van der Waals surface area contributed by atoms with Crippen LogP contribution in [0, 0.1) is 11.8 Å². The Morgan fingerprint density at radius 2 is 1.53 bits per heavy atom. The summed E-state index contributed by atoms with van der Waals surface area (Å²) in [5.74, 6) is 0.718. The summed E-state index contributed by atoms with van der Waals surface area (Å²) in [4.78, 5) is 29.1. The Labute approximate surface area is 179 Å². The highest BCUT2D eigenvalue weighted by Crippen LogP contribution is 2.32. The van der Waals surface area contributed by atoms with Crippen molar-refractivity contribution in [3.8, 4) is 0 Å². The molecule has 2 heterocycles. The Bertz CT molecular complexity index is 729. The van der Waals surface area contributed by atoms with Gasteiger partial charge in [0.2, 0.25) is 11.8 Å². The Morgan fingerprint density at radius 3 is 2.13 bits per heavy atom. The first-order valence-electron chi connectivity index (χ1n) is 11.5. The van der Waals surface area contributed by atoms with Gasteiger partial charge in [-0.15, -0.1) is 0 Å². The number of benzene rings is 1. The molecule has 1 aliphatic carbocycles. The molecule has 30 heavy (non-hydrogen) atoms. The van der Waals surface area contributed by atoms with Crippen molar-refractivity contribution in [2.75, 3.05) is 26.2 Å². The second-order valence-corrected chi connectivity index (χ2v) is 9.36. The molecule has 2 atom stereocenters. The van der Waals surface area contributed by atoms with E-state index >= 15 is 0 Å². The highest BCUT2D eigenvalue weighted by Gasteiger charge is 2.35. The first-order chi connectivity index (χ1) is 14.5. The third-order valence-corrected chi connectivity index (χ3v) is 6.50. The molecular weight excluding hydrogens is 378 g/mol. The van der Waals surface area contributed by atoms with E-state index in [1.165, 1.54) is 5.56 Å². The van der Waals surface area contributed by atoms with Crippen LogP contribution in [0.5, 0.6) is 0 Å². The Hall–Kier alpha value is -1.92. The molecule has 1 N–H and O–H groups in total. The molecule has 6 nitrogen and oxygen atoms in total. The molecule has 164 valence electrons. The van der Waals surface area contributed by atoms with Crippen molar-refractivity contribution in [3.05, 3.63) is 35.4 Å². The average molecular weight is 414 g/mol. The zero-order valence-corrected chi connectivity index (χ0v) is 18.3. The van der Waals surface area contributed by atoms with Crippen LogP contribution in [0.25, 0.3) is 0 Å². The van der Waals surface area contributed by atoms with E-state index in [2.05, 4.69) is 48.3 Å². The van der Waals surface area contributed by atoms with Crippen molar-refractivity contribution < 1.29 is 14.3 Å². The number of amides is 2. The lowest BCUT2D eigenvalue weighted by molar-refractivity contribution is -0.136. The Kier molecular flexibility index (Phi) is 6.74. The van der Waals surface area contributed by atoms with Crippen molar-refractivity contribution >= 4 is 11.8 Å². The summed E-state index contributed by atoms with van der Waals surface area (Å²) >= 11 is 0. The van der Waals surface area contributed by atoms with Crippen molar-refractivity contribution in [1.29, 1.82) is 0 Å². The first-order valence-corrected chi connectivity index (χ1v) is 11.5. The SMILES string of the molecule is CC1CN(Cc2ccc(CNC(=O)C3CCN(C(=O)C4CC4)CC3)cc2)CC(C)O1. The lowest BCUT2D eigenvalue weighted by atomic mass is 9.95. The highest BCUT2D eigenvalue weighted by atomic mass is 16.5. The maximum atomic E-state index is 12.6. The van der Waals surface area contributed by atoms with Crippen LogP contribution in [0.3, 0.4) is 0 Å². The molecule has 1 aromatic carbocycles. The van der Waals surface area contributed by atoms with E-state index in [1.54, 1.807) is 0 Å². The number of hydrogen-bond donors (Lipinski definition) is 1. The second kappa shape index (κ2) is 9.48. The summed E-state index contributed by atoms with van der Waals surface area (Å²) in [6.07, 6.45) is 4.20. The molecule has 4 rings (SSSR count). The smallest absolute Gasteiger partial charge is 0.225 e. The molecule has 3 aliphatic rings. The highest BCUT2D eigenvalue weighted by molar-refractivity contribution is 5.82. The number of nitrogens with zero attached hydrogens (tertiary/aromatic N) is 2. The van der Waals surface area contributed by atoms with Gasteiger partial charge in [0.1, 0.15) is 0 Å². The number of carbonyl (C=O) groups excluding carboxylic acids is 2. The predicted molar refractivity (Wildman–Crippen MR) is 116 cm³/mol. The number of hydrogen-bond acceptors (Lipinski definition) is 4. The normalized spacial score (nSPS) is 25.9. The summed E-state index contributed by atoms with van der Waals surface area (Å²) in [6, 6.07) is 8.54. The molecule has 6 heteroatoms. The average Bonchev–Trinajstić information content (AvgIpc) is 3.57. The van der Waals surface area contributed by atoms with Crippen molar-refractivity contribution in [3.63, 3.8) is 0 Å². The number of carbonyl (C=O) groups is 2. The van der Waals surface area contributed by atoms with E-state index in [1.807, 2.05) is 4.90 Å². The predicted octanol–water partition coefficient (Wildman–Crippen LogP) is 2.56. The number of morpholine rings is 1. The van der Waals surface area contributed by atoms with E-state index in [0.717, 1.165) is 64.0 Å². The minimum absolute atomic E-state index is 0.0258. The van der Waals surface area contributed by atoms with Crippen LogP contribution in [0.2, 0.25) is 0 Å². The van der Waals surface area contributed by atoms with E-state index in [-0.39, 0.29) is 30.0 Å². The molecule has 1 aromatic rings. The molecule has 2 amide bonds. The largest absolute Gasteiger partial charge is 0.373 e. The van der Waals surface area contributed by atoms with Crippen molar-refractivity contribution in [2.45, 2.75) is 64.8 Å². The van der Waals surface area contributed by atoms with Gasteiger partial charge in [0, 0.05) is 51.1 Å². The van der Waals surface area contributed by atoms with Crippen LogP contribution in [0.1, 0.15) is 50.7 Å². The van der Waals surface area contributed by atoms with Crippen molar-refractivity contribution in [2.24, 2.45) is 11.8 Å². The zero-order valence-electron chi connectivity index (χ0n) is 18.3. The van der Waals surface area contributed by atoms with Gasteiger partial charge in [-0.25, -0.2) is 0 Å². The lowest BCUT2D eigenvalue weighted by Crippen LogP contribution is -2.44. The molecule has 2 unspecified atom stereocenters. The van der Waals surface area contributed by atoms with Crippen LogP contribution >= 0.6 is 0 Å². The number of rotatable bonds is 6. The number of likely N-dealkylation sites (tertiary alicyclic amines) is 1. The third-order valence-electron chi connectivity index (χ3n) is 6.50. The molecule has 0 radical (unpaired) electrons. The summed E-state index contributed by atoms with van der Waals surface area (Å²) in [5, 5.41) is 3.09. The fourth-order valence-corrected chi connectivity index (χ4v) is 4.72. The van der Waals surface area contributed by atoms with Crippen LogP contribution in [0.4, 0.5) is 0 Å². The van der Waals surface area contributed by atoms with Gasteiger partial charge in [-0.05, 0) is 50.7 Å². The minimum Gasteiger partial charge on any atom is -0.373 e. The monoisotopic (exact) mass is 413 g/mol. The number of nitrogens with one attached hydrogen (secondary N) is 1. The van der Waals surface area contributed by atoms with Crippen molar-refractivity contribution in [1.82, 2.24) is 15.1 Å². The van der Waals surface area contributed by atoms with Crippen LogP contribution in [-0.2, 0) is 27.4 Å². The molecular formula is C24H35N3O3. The summed E-state index contributed by atoms with van der Waals surface area (Å²) in [6.45, 7) is 9.13. The van der Waals surface area contributed by atoms with Gasteiger partial charge in [0.25, 0.3) is 0 Å². The van der Waals surface area contributed by atoms with Gasteiger partial charge < -0.3 is 15.0 Å². The molecule has 2 saturated heterocycles. The molecule has 2 aliphatic heterocycles. The quantitative estimate of drug-likeness (QED) is 0.779. The topological polar surface area (TPSA) is 61.9 Å². The molecule has 1 saturated carbocycles. The van der Waals surface area contributed by atoms with Gasteiger partial charge in [-0.1, -0.05) is 24.3 Å². The standard InChI is InChI=1S/C24H35N3O3/c1-17-14-26(15-18(2)30-17)16-20-5-3-19(4-6-20)13-25-23(28)21-9-11-27(12-10-21)24(29)22-7-8-22/h3-6,17-18,21-22H,7-16H2,1-2H3,(H,25,28). The summed E-state index contributed by atoms with van der Waals surface area (Å²) < 4.78 is 5.81. The third kappa shape index (κ3) is 5.61. The fourth-order valence-electron chi connectivity index (χ4n) is 4.72.